The third-order valence-corrected chi connectivity index (χ3v) is 4.82. The minimum Gasteiger partial charge on any atom is -0.444 e. The molecule has 0 spiro atoms. The third kappa shape index (κ3) is 3.95. The number of thiazole rings is 1. The maximum absolute atomic E-state index is 12.7. The molecule has 0 saturated carbocycles. The van der Waals surface area contributed by atoms with E-state index in [9.17, 15) is 9.59 Å². The number of carbonyl (C=O) groups excluding carboxylic acids is 2. The number of rotatable bonds is 2. The average molecular weight is 364 g/mol. The largest absolute Gasteiger partial charge is 0.444 e. The molecule has 3 rings (SSSR count). The molecule has 2 aromatic heterocycles. The van der Waals surface area contributed by atoms with Gasteiger partial charge in [-0.2, -0.15) is 0 Å². The van der Waals surface area contributed by atoms with Gasteiger partial charge in [-0.05, 0) is 40.5 Å². The first-order valence-corrected chi connectivity index (χ1v) is 9.33. The van der Waals surface area contributed by atoms with Crippen molar-refractivity contribution < 1.29 is 14.3 Å². The first kappa shape index (κ1) is 17.7. The molecule has 1 unspecified atom stereocenters. The third-order valence-electron chi connectivity index (χ3n) is 4.06. The lowest BCUT2D eigenvalue weighted by atomic mass is 10.1. The van der Waals surface area contributed by atoms with Crippen LogP contribution in [0.3, 0.4) is 0 Å². The van der Waals surface area contributed by atoms with Crippen LogP contribution >= 0.6 is 11.3 Å². The van der Waals surface area contributed by atoms with Crippen molar-refractivity contribution in [1.82, 2.24) is 19.6 Å². The summed E-state index contributed by atoms with van der Waals surface area (Å²) < 4.78 is 7.24. The number of amides is 2. The number of fused-ring (bicyclic) bond motifs is 1. The van der Waals surface area contributed by atoms with Crippen LogP contribution in [0.2, 0.25) is 0 Å². The average Bonchev–Trinajstić information content (AvgIpc) is 3.05. The highest BCUT2D eigenvalue weighted by molar-refractivity contribution is 7.15. The summed E-state index contributed by atoms with van der Waals surface area (Å²) in [6.45, 7) is 8.50. The summed E-state index contributed by atoms with van der Waals surface area (Å²) in [5.74, 6) is -0.153. The van der Waals surface area contributed by atoms with Gasteiger partial charge in [0, 0.05) is 30.7 Å². The molecule has 0 bridgehead atoms. The van der Waals surface area contributed by atoms with E-state index in [2.05, 4.69) is 10.3 Å². The van der Waals surface area contributed by atoms with E-state index in [1.807, 2.05) is 43.7 Å². The Labute approximate surface area is 151 Å². The van der Waals surface area contributed by atoms with E-state index >= 15 is 0 Å². The Bertz CT molecular complexity index is 790. The van der Waals surface area contributed by atoms with Crippen LogP contribution in [0.1, 0.15) is 49.8 Å². The Balaban J connectivity index is 1.66. The Morgan fingerprint density at radius 1 is 1.40 bits per heavy atom. The van der Waals surface area contributed by atoms with Crippen LogP contribution in [0, 0.1) is 6.92 Å². The van der Waals surface area contributed by atoms with E-state index in [1.54, 1.807) is 4.90 Å². The first-order valence-electron chi connectivity index (χ1n) is 8.45. The summed E-state index contributed by atoms with van der Waals surface area (Å²) >= 11 is 1.50. The number of ether oxygens (including phenoxy) is 1. The van der Waals surface area contributed by atoms with Gasteiger partial charge in [0.1, 0.15) is 11.3 Å². The van der Waals surface area contributed by atoms with E-state index in [0.29, 0.717) is 24.5 Å². The Morgan fingerprint density at radius 2 is 2.16 bits per heavy atom. The molecule has 1 saturated heterocycles. The van der Waals surface area contributed by atoms with Crippen LogP contribution in [-0.2, 0) is 4.74 Å². The number of aromatic nitrogens is 2. The van der Waals surface area contributed by atoms with Gasteiger partial charge in [-0.25, -0.2) is 9.78 Å². The second-order valence-corrected chi connectivity index (χ2v) is 8.21. The lowest BCUT2D eigenvalue weighted by molar-refractivity contribution is 0.0185. The summed E-state index contributed by atoms with van der Waals surface area (Å²) in [4.78, 5) is 31.8. The van der Waals surface area contributed by atoms with E-state index < -0.39 is 5.60 Å². The molecule has 0 radical (unpaired) electrons. The van der Waals surface area contributed by atoms with Gasteiger partial charge in [0.05, 0.1) is 5.69 Å². The molecule has 25 heavy (non-hydrogen) atoms. The van der Waals surface area contributed by atoms with Gasteiger partial charge in [-0.3, -0.25) is 9.20 Å². The molecule has 1 atom stereocenters. The van der Waals surface area contributed by atoms with Crippen molar-refractivity contribution in [2.45, 2.75) is 52.2 Å². The van der Waals surface area contributed by atoms with Crippen LogP contribution < -0.4 is 5.32 Å². The fraction of sp³-hybridized carbons (Fsp3) is 0.588. The van der Waals surface area contributed by atoms with Crippen molar-refractivity contribution in [2.75, 3.05) is 13.1 Å². The highest BCUT2D eigenvalue weighted by Gasteiger charge is 2.29. The molecule has 3 heterocycles. The number of likely N-dealkylation sites (tertiary alicyclic amines) is 1. The number of hydrogen-bond donors (Lipinski definition) is 1. The molecule has 8 heteroatoms. The lowest BCUT2D eigenvalue weighted by Crippen LogP contribution is -2.50. The van der Waals surface area contributed by atoms with Crippen LogP contribution in [0.5, 0.6) is 0 Å². The van der Waals surface area contributed by atoms with Crippen LogP contribution in [0.4, 0.5) is 4.79 Å². The summed E-state index contributed by atoms with van der Waals surface area (Å²) in [6.07, 6.45) is 3.20. The van der Waals surface area contributed by atoms with Crippen molar-refractivity contribution in [3.63, 3.8) is 0 Å². The molecule has 2 aromatic rings. The number of nitrogens with zero attached hydrogens (tertiary/aromatic N) is 3. The smallest absolute Gasteiger partial charge is 0.410 e. The van der Waals surface area contributed by atoms with Gasteiger partial charge in [-0.1, -0.05) is 0 Å². The highest BCUT2D eigenvalue weighted by atomic mass is 32.1. The Kier molecular flexibility index (Phi) is 4.73. The molecule has 136 valence electrons. The Hall–Kier alpha value is -2.09. The molecule has 1 aliphatic rings. The SMILES string of the molecule is Cc1nc2sccn2c1C(=O)NC1CCCN(C(=O)OC(C)(C)C)C1. The molecule has 0 aromatic carbocycles. The van der Waals surface area contributed by atoms with Gasteiger partial charge in [0.25, 0.3) is 5.91 Å². The van der Waals surface area contributed by atoms with Gasteiger partial charge >= 0.3 is 6.09 Å². The summed E-state index contributed by atoms with van der Waals surface area (Å²) in [5, 5.41) is 4.95. The van der Waals surface area contributed by atoms with Crippen molar-refractivity contribution in [3.05, 3.63) is 23.0 Å². The predicted octanol–water partition coefficient (Wildman–Crippen LogP) is 2.83. The van der Waals surface area contributed by atoms with E-state index in [4.69, 9.17) is 4.74 Å². The maximum atomic E-state index is 12.7. The van der Waals surface area contributed by atoms with Crippen molar-refractivity contribution in [3.8, 4) is 0 Å². The van der Waals surface area contributed by atoms with Crippen LogP contribution in [-0.4, -0.2) is 51.0 Å². The number of hydrogen-bond acceptors (Lipinski definition) is 5. The number of piperidine rings is 1. The standard InChI is InChI=1S/C17H24N4O3S/c1-11-13(21-8-9-25-15(21)18-11)14(22)19-12-6-5-7-20(10-12)16(23)24-17(2,3)4/h8-9,12H,5-7,10H2,1-4H3,(H,19,22). The number of aryl methyl sites for hydroxylation is 1. The quantitative estimate of drug-likeness (QED) is 0.889. The zero-order chi connectivity index (χ0) is 18.2. The lowest BCUT2D eigenvalue weighted by Gasteiger charge is -2.34. The molecule has 1 aliphatic heterocycles. The minimum absolute atomic E-state index is 0.0858. The summed E-state index contributed by atoms with van der Waals surface area (Å²) in [7, 11) is 0. The van der Waals surface area contributed by atoms with Gasteiger partial charge < -0.3 is 15.0 Å². The van der Waals surface area contributed by atoms with Gasteiger partial charge in [-0.15, -0.1) is 11.3 Å². The fourth-order valence-electron chi connectivity index (χ4n) is 3.01. The number of carbonyl (C=O) groups is 2. The van der Waals surface area contributed by atoms with E-state index in [-0.39, 0.29) is 18.0 Å². The molecule has 2 amide bonds. The van der Waals surface area contributed by atoms with E-state index in [1.165, 1.54) is 11.3 Å². The van der Waals surface area contributed by atoms with Crippen molar-refractivity contribution in [2.24, 2.45) is 0 Å². The molecular weight excluding hydrogens is 340 g/mol. The maximum Gasteiger partial charge on any atom is 0.410 e. The summed E-state index contributed by atoms with van der Waals surface area (Å²) in [6, 6.07) is -0.0858. The molecule has 7 nitrogen and oxygen atoms in total. The predicted molar refractivity (Wildman–Crippen MR) is 96.1 cm³/mol. The second kappa shape index (κ2) is 6.67. The minimum atomic E-state index is -0.521. The first-order chi connectivity index (χ1) is 11.7. The monoisotopic (exact) mass is 364 g/mol. The second-order valence-electron chi connectivity index (χ2n) is 7.34. The molecular formula is C17H24N4O3S. The van der Waals surface area contributed by atoms with Crippen molar-refractivity contribution >= 4 is 28.3 Å². The fourth-order valence-corrected chi connectivity index (χ4v) is 3.77. The zero-order valence-electron chi connectivity index (χ0n) is 15.0. The van der Waals surface area contributed by atoms with Crippen molar-refractivity contribution in [1.29, 1.82) is 0 Å². The Morgan fingerprint density at radius 3 is 2.88 bits per heavy atom. The normalized spacial score (nSPS) is 18.4. The zero-order valence-corrected chi connectivity index (χ0v) is 15.9. The van der Waals surface area contributed by atoms with Crippen LogP contribution in [0.25, 0.3) is 4.96 Å². The molecule has 1 fully saturated rings. The number of nitrogens with one attached hydrogen (secondary N) is 1. The highest BCUT2D eigenvalue weighted by Crippen LogP contribution is 2.19. The van der Waals surface area contributed by atoms with E-state index in [0.717, 1.165) is 17.8 Å². The molecule has 0 aliphatic carbocycles. The summed E-state index contributed by atoms with van der Waals surface area (Å²) in [5.41, 5.74) is 0.752. The molecule has 1 N–H and O–H groups in total. The van der Waals surface area contributed by atoms with Gasteiger partial charge in [0.2, 0.25) is 0 Å². The topological polar surface area (TPSA) is 75.9 Å². The van der Waals surface area contributed by atoms with Gasteiger partial charge in [0.15, 0.2) is 4.96 Å². The van der Waals surface area contributed by atoms with Crippen LogP contribution in [0.15, 0.2) is 11.6 Å². The number of imidazole rings is 1.